The van der Waals surface area contributed by atoms with Gasteiger partial charge in [0.05, 0.1) is 13.7 Å². The minimum Gasteiger partial charge on any atom is -0.466 e. The van der Waals surface area contributed by atoms with Crippen molar-refractivity contribution in [3.63, 3.8) is 0 Å². The lowest BCUT2D eigenvalue weighted by atomic mass is 9.89. The van der Waals surface area contributed by atoms with E-state index in [0.717, 1.165) is 19.2 Å². The molecular weight excluding hydrogens is 355 g/mol. The molecule has 0 saturated carbocycles. The Labute approximate surface area is 149 Å². The van der Waals surface area contributed by atoms with E-state index in [4.69, 9.17) is 4.74 Å². The summed E-state index contributed by atoms with van der Waals surface area (Å²) < 4.78 is 49.1. The van der Waals surface area contributed by atoms with Crippen molar-refractivity contribution >= 4 is 17.6 Å². The van der Waals surface area contributed by atoms with Crippen molar-refractivity contribution in [3.05, 3.63) is 28.8 Å². The van der Waals surface area contributed by atoms with Crippen LogP contribution >= 0.6 is 0 Å². The molecule has 1 rings (SSSR count). The van der Waals surface area contributed by atoms with Crippen LogP contribution in [0.1, 0.15) is 30.5 Å². The normalized spacial score (nSPS) is 15.0. The number of rotatable bonds is 6. The predicted octanol–water partition coefficient (Wildman–Crippen LogP) is 2.59. The van der Waals surface area contributed by atoms with E-state index in [1.54, 1.807) is 13.8 Å². The van der Waals surface area contributed by atoms with Crippen LogP contribution in [0.5, 0.6) is 0 Å². The number of esters is 2. The molecule has 0 aliphatic carbocycles. The van der Waals surface area contributed by atoms with E-state index < -0.39 is 35.3 Å². The molecule has 0 unspecified atom stereocenters. The molecule has 0 saturated heterocycles. The number of anilines is 1. The summed E-state index contributed by atoms with van der Waals surface area (Å²) in [6.45, 7) is 6.38. The van der Waals surface area contributed by atoms with Gasteiger partial charge in [0.25, 0.3) is 5.60 Å². The zero-order chi connectivity index (χ0) is 20.3. The third-order valence-corrected chi connectivity index (χ3v) is 3.84. The van der Waals surface area contributed by atoms with Crippen molar-refractivity contribution in [1.82, 2.24) is 0 Å². The van der Waals surface area contributed by atoms with Gasteiger partial charge in [-0.1, -0.05) is 12.1 Å². The summed E-state index contributed by atoms with van der Waals surface area (Å²) in [5.74, 6) is -2.35. The quantitative estimate of drug-likeness (QED) is 0.742. The Balaban J connectivity index is 3.35. The van der Waals surface area contributed by atoms with Crippen LogP contribution in [0.25, 0.3) is 0 Å². The second kappa shape index (κ2) is 7.94. The molecule has 0 spiro atoms. The number of hydrogen-bond donors (Lipinski definition) is 2. The molecule has 9 heteroatoms. The van der Waals surface area contributed by atoms with Crippen LogP contribution in [0.15, 0.2) is 12.1 Å². The van der Waals surface area contributed by atoms with Crippen molar-refractivity contribution < 1.29 is 37.3 Å². The van der Waals surface area contributed by atoms with Crippen LogP contribution in [-0.2, 0) is 24.7 Å². The van der Waals surface area contributed by atoms with Crippen molar-refractivity contribution in [3.8, 4) is 0 Å². The van der Waals surface area contributed by atoms with Crippen LogP contribution in [0, 0.1) is 13.8 Å². The molecule has 0 amide bonds. The fourth-order valence-electron chi connectivity index (χ4n) is 2.49. The van der Waals surface area contributed by atoms with Gasteiger partial charge in [0.15, 0.2) is 0 Å². The summed E-state index contributed by atoms with van der Waals surface area (Å²) in [6, 6.07) is 1.32. The molecule has 1 aromatic rings. The number of alkyl halides is 3. The van der Waals surface area contributed by atoms with Crippen LogP contribution in [0.3, 0.4) is 0 Å². The lowest BCUT2D eigenvalue weighted by Crippen LogP contribution is -2.50. The van der Waals surface area contributed by atoms with Crippen molar-refractivity contribution in [1.29, 1.82) is 0 Å². The molecule has 0 bridgehead atoms. The molecule has 26 heavy (non-hydrogen) atoms. The van der Waals surface area contributed by atoms with Crippen molar-refractivity contribution in [2.45, 2.75) is 45.5 Å². The SMILES string of the molecule is CCOC(=O)[C@@H](C)Nc1c(C)cc([C@](O)(C(=O)OC)C(F)(F)F)cc1C. The number of benzene rings is 1. The van der Waals surface area contributed by atoms with Gasteiger partial charge in [0.1, 0.15) is 6.04 Å². The summed E-state index contributed by atoms with van der Waals surface area (Å²) in [5.41, 5.74) is -3.43. The third kappa shape index (κ3) is 4.09. The summed E-state index contributed by atoms with van der Waals surface area (Å²) in [7, 11) is 0.760. The number of aliphatic hydroxyl groups is 1. The Morgan fingerprint density at radius 2 is 1.73 bits per heavy atom. The highest BCUT2D eigenvalue weighted by Gasteiger charge is 2.62. The molecular formula is C17H22F3NO5. The Kier molecular flexibility index (Phi) is 6.65. The lowest BCUT2D eigenvalue weighted by Gasteiger charge is -2.29. The van der Waals surface area contributed by atoms with Crippen LogP contribution in [-0.4, -0.2) is 43.0 Å². The number of ether oxygens (including phenoxy) is 2. The maximum absolute atomic E-state index is 13.4. The minimum atomic E-state index is -5.27. The average Bonchev–Trinajstić information content (AvgIpc) is 2.55. The summed E-state index contributed by atoms with van der Waals surface area (Å²) in [4.78, 5) is 23.4. The van der Waals surface area contributed by atoms with Crippen molar-refractivity contribution in [2.75, 3.05) is 19.0 Å². The first-order valence-corrected chi connectivity index (χ1v) is 7.82. The molecule has 0 heterocycles. The Hall–Kier alpha value is -2.29. The first-order chi connectivity index (χ1) is 11.9. The van der Waals surface area contributed by atoms with E-state index in [1.807, 2.05) is 0 Å². The topological polar surface area (TPSA) is 84.9 Å². The minimum absolute atomic E-state index is 0.194. The molecule has 2 N–H and O–H groups in total. The van der Waals surface area contributed by atoms with E-state index in [-0.39, 0.29) is 6.61 Å². The number of carbonyl (C=O) groups excluding carboxylic acids is 2. The second-order valence-corrected chi connectivity index (χ2v) is 5.80. The number of halogens is 3. The van der Waals surface area contributed by atoms with E-state index >= 15 is 0 Å². The molecule has 146 valence electrons. The first kappa shape index (κ1) is 21.8. The lowest BCUT2D eigenvalue weighted by molar-refractivity contribution is -0.266. The molecule has 0 fully saturated rings. The van der Waals surface area contributed by atoms with Gasteiger partial charge < -0.3 is 19.9 Å². The first-order valence-electron chi connectivity index (χ1n) is 7.82. The highest BCUT2D eigenvalue weighted by atomic mass is 19.4. The summed E-state index contributed by atoms with van der Waals surface area (Å²) >= 11 is 0. The van der Waals surface area contributed by atoms with E-state index in [0.29, 0.717) is 16.8 Å². The Morgan fingerprint density at radius 1 is 1.23 bits per heavy atom. The second-order valence-electron chi connectivity index (χ2n) is 5.80. The molecule has 0 aliphatic rings. The maximum Gasteiger partial charge on any atom is 0.432 e. The monoisotopic (exact) mass is 377 g/mol. The van der Waals surface area contributed by atoms with E-state index in [1.165, 1.54) is 13.8 Å². The molecule has 0 aliphatic heterocycles. The fraction of sp³-hybridized carbons (Fsp3) is 0.529. The third-order valence-electron chi connectivity index (χ3n) is 3.84. The zero-order valence-corrected chi connectivity index (χ0v) is 15.2. The fourth-order valence-corrected chi connectivity index (χ4v) is 2.49. The van der Waals surface area contributed by atoms with Gasteiger partial charge in [-0.05, 0) is 38.8 Å². The Morgan fingerprint density at radius 3 is 2.12 bits per heavy atom. The van der Waals surface area contributed by atoms with Gasteiger partial charge >= 0.3 is 18.1 Å². The van der Waals surface area contributed by atoms with Crippen LogP contribution < -0.4 is 5.32 Å². The smallest absolute Gasteiger partial charge is 0.432 e. The van der Waals surface area contributed by atoms with Crippen molar-refractivity contribution in [2.24, 2.45) is 0 Å². The number of nitrogens with one attached hydrogen (secondary N) is 1. The number of methoxy groups -OCH3 is 1. The van der Waals surface area contributed by atoms with Gasteiger partial charge in [-0.2, -0.15) is 13.2 Å². The highest BCUT2D eigenvalue weighted by molar-refractivity contribution is 5.83. The molecule has 6 nitrogen and oxygen atoms in total. The van der Waals surface area contributed by atoms with Gasteiger partial charge in [-0.15, -0.1) is 0 Å². The molecule has 0 radical (unpaired) electrons. The largest absolute Gasteiger partial charge is 0.466 e. The van der Waals surface area contributed by atoms with Gasteiger partial charge in [0, 0.05) is 11.3 Å². The molecule has 1 aromatic carbocycles. The average molecular weight is 377 g/mol. The van der Waals surface area contributed by atoms with E-state index in [2.05, 4.69) is 10.1 Å². The number of carbonyl (C=O) groups is 2. The zero-order valence-electron chi connectivity index (χ0n) is 15.2. The van der Waals surface area contributed by atoms with Gasteiger partial charge in [-0.3, -0.25) is 0 Å². The molecule has 2 atom stereocenters. The van der Waals surface area contributed by atoms with E-state index in [9.17, 15) is 27.9 Å². The standard InChI is InChI=1S/C17H22F3NO5/c1-6-26-14(22)11(4)21-13-9(2)7-12(8-10(13)3)16(24,15(23)25-5)17(18,19)20/h7-8,11,21,24H,6H2,1-5H3/t11-,16+/m1/s1. The summed E-state index contributed by atoms with van der Waals surface area (Å²) in [6.07, 6.45) is -5.27. The number of hydrogen-bond acceptors (Lipinski definition) is 6. The molecule has 0 aromatic heterocycles. The predicted molar refractivity (Wildman–Crippen MR) is 87.6 cm³/mol. The van der Waals surface area contributed by atoms with Gasteiger partial charge in [0.2, 0.25) is 0 Å². The maximum atomic E-state index is 13.4. The van der Waals surface area contributed by atoms with Crippen LogP contribution in [0.2, 0.25) is 0 Å². The highest BCUT2D eigenvalue weighted by Crippen LogP contribution is 2.41. The summed E-state index contributed by atoms with van der Waals surface area (Å²) in [5, 5.41) is 12.9. The number of aryl methyl sites for hydroxylation is 2. The van der Waals surface area contributed by atoms with Gasteiger partial charge in [-0.25, -0.2) is 9.59 Å². The van der Waals surface area contributed by atoms with Crippen LogP contribution in [0.4, 0.5) is 18.9 Å². The Bertz CT molecular complexity index is 666.